The summed E-state index contributed by atoms with van der Waals surface area (Å²) in [4.78, 5) is 0. The number of aromatic hydroxyl groups is 1. The normalized spacial score (nSPS) is 12.4. The van der Waals surface area contributed by atoms with E-state index in [2.05, 4.69) is 49.8 Å². The van der Waals surface area contributed by atoms with Crippen LogP contribution in [0.5, 0.6) is 17.2 Å². The molecule has 1 aromatic rings. The second-order valence-electron chi connectivity index (χ2n) is 6.23. The Hall–Kier alpha value is -0.683. The molecule has 0 fully saturated rings. The molecule has 0 saturated carbocycles. The van der Waals surface area contributed by atoms with Gasteiger partial charge in [-0.3, -0.25) is 0 Å². The average Bonchev–Trinajstić information content (AvgIpc) is 2.24. The molecule has 0 aliphatic heterocycles. The zero-order chi connectivity index (χ0) is 15.0. The van der Waals surface area contributed by atoms with Crippen molar-refractivity contribution in [3.8, 4) is 17.2 Å². The maximum Gasteiger partial charge on any atom is 0.250 e. The number of phenolic OH excluding ortho intramolecular Hbond substituents is 1. The van der Waals surface area contributed by atoms with E-state index < -0.39 is 8.32 Å². The van der Waals surface area contributed by atoms with Gasteiger partial charge in [0.05, 0.1) is 11.6 Å². The fraction of sp³-hybridized carbons (Fsp3) is 0.571. The summed E-state index contributed by atoms with van der Waals surface area (Å²) in [6.07, 6.45) is 0. The number of ether oxygens (including phenoxy) is 1. The fourth-order valence-corrected chi connectivity index (χ4v) is 3.08. The van der Waals surface area contributed by atoms with Crippen molar-refractivity contribution in [2.24, 2.45) is 0 Å². The van der Waals surface area contributed by atoms with E-state index in [4.69, 9.17) is 9.16 Å². The van der Waals surface area contributed by atoms with Gasteiger partial charge in [0, 0.05) is 5.56 Å². The molecule has 3 nitrogen and oxygen atoms in total. The Bertz CT molecular complexity index is 479. The lowest BCUT2D eigenvalue weighted by Crippen LogP contribution is -2.44. The van der Waals surface area contributed by atoms with Gasteiger partial charge in [-0.1, -0.05) is 20.8 Å². The lowest BCUT2D eigenvalue weighted by Gasteiger charge is -2.37. The molecule has 0 spiro atoms. The average molecular weight is 347 g/mol. The largest absolute Gasteiger partial charge is 0.540 e. The first-order chi connectivity index (χ1) is 8.51. The van der Waals surface area contributed by atoms with E-state index in [1.807, 2.05) is 6.92 Å². The first-order valence-electron chi connectivity index (χ1n) is 6.26. The Labute approximate surface area is 125 Å². The highest BCUT2D eigenvalue weighted by molar-refractivity contribution is 9.10. The summed E-state index contributed by atoms with van der Waals surface area (Å²) in [5.41, 5.74) is 0.694. The minimum atomic E-state index is -1.96. The van der Waals surface area contributed by atoms with E-state index in [9.17, 15) is 5.11 Å². The predicted molar refractivity (Wildman–Crippen MR) is 84.9 cm³/mol. The third kappa shape index (κ3) is 3.26. The lowest BCUT2D eigenvalue weighted by molar-refractivity contribution is 0.375. The van der Waals surface area contributed by atoms with Gasteiger partial charge in [-0.05, 0) is 47.1 Å². The van der Waals surface area contributed by atoms with Crippen molar-refractivity contribution < 1.29 is 14.3 Å². The zero-order valence-electron chi connectivity index (χ0n) is 12.7. The van der Waals surface area contributed by atoms with Crippen molar-refractivity contribution in [2.75, 3.05) is 7.11 Å². The number of methoxy groups -OCH3 is 1. The summed E-state index contributed by atoms with van der Waals surface area (Å²) in [7, 11) is -0.367. The molecule has 0 amide bonds. The predicted octanol–water partition coefficient (Wildman–Crippen LogP) is 4.86. The Morgan fingerprint density at radius 1 is 1.21 bits per heavy atom. The molecular formula is C14H23BrO3Si. The molecule has 1 N–H and O–H groups in total. The fourth-order valence-electron chi connectivity index (χ4n) is 1.44. The topological polar surface area (TPSA) is 38.7 Å². The summed E-state index contributed by atoms with van der Waals surface area (Å²) in [5, 5.41) is 9.94. The monoisotopic (exact) mass is 346 g/mol. The Kier molecular flexibility index (Phi) is 4.62. The van der Waals surface area contributed by atoms with E-state index in [1.165, 1.54) is 0 Å². The highest BCUT2D eigenvalue weighted by Gasteiger charge is 2.40. The maximum absolute atomic E-state index is 9.84. The van der Waals surface area contributed by atoms with E-state index in [0.717, 1.165) is 4.47 Å². The molecule has 19 heavy (non-hydrogen) atoms. The highest BCUT2D eigenvalue weighted by Crippen LogP contribution is 2.46. The highest BCUT2D eigenvalue weighted by atomic mass is 79.9. The number of rotatable bonds is 3. The van der Waals surface area contributed by atoms with Crippen LogP contribution in [0.1, 0.15) is 26.3 Å². The van der Waals surface area contributed by atoms with Gasteiger partial charge in [0.25, 0.3) is 8.32 Å². The Balaban J connectivity index is 3.33. The van der Waals surface area contributed by atoms with Gasteiger partial charge in [-0.25, -0.2) is 0 Å². The molecule has 0 bridgehead atoms. The van der Waals surface area contributed by atoms with Gasteiger partial charge >= 0.3 is 0 Å². The van der Waals surface area contributed by atoms with Gasteiger partial charge in [-0.15, -0.1) is 0 Å². The number of halogens is 1. The second-order valence-corrected chi connectivity index (χ2v) is 11.8. The molecule has 0 radical (unpaired) electrons. The van der Waals surface area contributed by atoms with Crippen LogP contribution in [-0.4, -0.2) is 20.5 Å². The molecule has 0 aromatic heterocycles. The van der Waals surface area contributed by atoms with Crippen LogP contribution in [0.4, 0.5) is 0 Å². The Morgan fingerprint density at radius 2 is 1.74 bits per heavy atom. The van der Waals surface area contributed by atoms with Crippen LogP contribution in [-0.2, 0) is 0 Å². The van der Waals surface area contributed by atoms with Gasteiger partial charge < -0.3 is 14.3 Å². The van der Waals surface area contributed by atoms with Gasteiger partial charge in [0.15, 0.2) is 11.5 Å². The van der Waals surface area contributed by atoms with E-state index in [-0.39, 0.29) is 10.8 Å². The lowest BCUT2D eigenvalue weighted by atomic mass is 10.2. The molecular weight excluding hydrogens is 324 g/mol. The first kappa shape index (κ1) is 16.4. The minimum Gasteiger partial charge on any atom is -0.540 e. The molecule has 1 aromatic carbocycles. The van der Waals surface area contributed by atoms with E-state index in [1.54, 1.807) is 13.2 Å². The van der Waals surface area contributed by atoms with Crippen molar-refractivity contribution in [3.63, 3.8) is 0 Å². The molecule has 0 aliphatic rings. The quantitative estimate of drug-likeness (QED) is 0.794. The summed E-state index contributed by atoms with van der Waals surface area (Å²) in [6, 6.07) is 1.65. The summed E-state index contributed by atoms with van der Waals surface area (Å²) in [5.74, 6) is 1.48. The van der Waals surface area contributed by atoms with Crippen molar-refractivity contribution in [3.05, 3.63) is 16.1 Å². The SMILES string of the molecule is COc1c(C)c(O)cc(Br)c1O[Si](C)(C)C(C)(C)C. The van der Waals surface area contributed by atoms with Crippen LogP contribution in [0.3, 0.4) is 0 Å². The minimum absolute atomic E-state index is 0.100. The van der Waals surface area contributed by atoms with Crippen LogP contribution in [0, 0.1) is 6.92 Å². The van der Waals surface area contributed by atoms with Crippen LogP contribution in [0.15, 0.2) is 10.5 Å². The smallest absolute Gasteiger partial charge is 0.250 e. The molecule has 0 heterocycles. The number of hydrogen-bond acceptors (Lipinski definition) is 3. The van der Waals surface area contributed by atoms with E-state index >= 15 is 0 Å². The van der Waals surface area contributed by atoms with Crippen LogP contribution >= 0.6 is 15.9 Å². The molecule has 108 valence electrons. The summed E-state index contributed by atoms with van der Waals surface area (Å²) in [6.45, 7) is 12.7. The standard InChI is InChI=1S/C14H23BrO3Si/c1-9-11(16)8-10(15)13(12(9)17-5)18-19(6,7)14(2,3)4/h8,16H,1-7H3. The van der Waals surface area contributed by atoms with Gasteiger partial charge in [-0.2, -0.15) is 0 Å². The van der Waals surface area contributed by atoms with E-state index in [0.29, 0.717) is 17.1 Å². The van der Waals surface area contributed by atoms with Crippen LogP contribution in [0.2, 0.25) is 18.1 Å². The van der Waals surface area contributed by atoms with Crippen molar-refractivity contribution >= 4 is 24.2 Å². The molecule has 0 unspecified atom stereocenters. The van der Waals surface area contributed by atoms with Gasteiger partial charge in [0.1, 0.15) is 5.75 Å². The molecule has 0 atom stereocenters. The van der Waals surface area contributed by atoms with Crippen LogP contribution < -0.4 is 9.16 Å². The van der Waals surface area contributed by atoms with Crippen LogP contribution in [0.25, 0.3) is 0 Å². The summed E-state index contributed by atoms with van der Waals surface area (Å²) < 4.78 is 12.4. The Morgan fingerprint density at radius 3 is 2.16 bits per heavy atom. The number of hydrogen-bond donors (Lipinski definition) is 1. The number of benzene rings is 1. The second kappa shape index (κ2) is 5.36. The summed E-state index contributed by atoms with van der Waals surface area (Å²) >= 11 is 3.45. The number of phenols is 1. The molecule has 5 heteroatoms. The zero-order valence-corrected chi connectivity index (χ0v) is 15.3. The third-order valence-electron chi connectivity index (χ3n) is 3.78. The molecule has 0 aliphatic carbocycles. The first-order valence-corrected chi connectivity index (χ1v) is 9.96. The maximum atomic E-state index is 9.84. The molecule has 0 saturated heterocycles. The molecule has 1 rings (SSSR count). The van der Waals surface area contributed by atoms with Crippen molar-refractivity contribution in [2.45, 2.75) is 45.8 Å². The van der Waals surface area contributed by atoms with Crippen molar-refractivity contribution in [1.82, 2.24) is 0 Å². The third-order valence-corrected chi connectivity index (χ3v) is 8.69. The van der Waals surface area contributed by atoms with Crippen molar-refractivity contribution in [1.29, 1.82) is 0 Å². The van der Waals surface area contributed by atoms with Gasteiger partial charge in [0.2, 0.25) is 0 Å².